The van der Waals surface area contributed by atoms with Gasteiger partial charge >= 0.3 is 0 Å². The Balaban J connectivity index is 1.30. The van der Waals surface area contributed by atoms with Crippen LogP contribution in [0.5, 0.6) is 0 Å². The van der Waals surface area contributed by atoms with Crippen molar-refractivity contribution in [2.24, 2.45) is 23.2 Å². The second-order valence-corrected chi connectivity index (χ2v) is 8.93. The quantitative estimate of drug-likeness (QED) is 0.532. The fraction of sp³-hybridized carbons (Fsp3) is 0.952. The lowest BCUT2D eigenvalue weighted by molar-refractivity contribution is -0.146. The molecule has 0 spiro atoms. The van der Waals surface area contributed by atoms with Crippen LogP contribution in [-0.2, 0) is 4.79 Å². The van der Waals surface area contributed by atoms with Crippen molar-refractivity contribution in [2.45, 2.75) is 96.8 Å². The summed E-state index contributed by atoms with van der Waals surface area (Å²) in [5, 5.41) is 3.31. The predicted molar refractivity (Wildman–Crippen MR) is 96.2 cm³/mol. The van der Waals surface area contributed by atoms with E-state index in [9.17, 15) is 4.79 Å². The molecule has 0 radical (unpaired) electrons. The van der Waals surface area contributed by atoms with Crippen molar-refractivity contribution in [3.05, 3.63) is 0 Å². The van der Waals surface area contributed by atoms with Gasteiger partial charge in [-0.15, -0.1) is 0 Å². The minimum Gasteiger partial charge on any atom is -0.356 e. The van der Waals surface area contributed by atoms with Crippen molar-refractivity contribution >= 4 is 5.91 Å². The van der Waals surface area contributed by atoms with Crippen molar-refractivity contribution in [1.29, 1.82) is 0 Å². The molecule has 0 heterocycles. The molecule has 23 heavy (non-hydrogen) atoms. The number of nitrogens with one attached hydrogen (secondary N) is 1. The minimum absolute atomic E-state index is 0.0505. The molecule has 0 unspecified atom stereocenters. The van der Waals surface area contributed by atoms with Gasteiger partial charge in [0.2, 0.25) is 5.91 Å². The van der Waals surface area contributed by atoms with Gasteiger partial charge in [-0.3, -0.25) is 4.79 Å². The molecule has 0 saturated heterocycles. The summed E-state index contributed by atoms with van der Waals surface area (Å²) < 4.78 is 0. The Morgan fingerprint density at radius 3 is 1.83 bits per heavy atom. The van der Waals surface area contributed by atoms with Gasteiger partial charge in [0.1, 0.15) is 0 Å². The van der Waals surface area contributed by atoms with Crippen LogP contribution in [0.3, 0.4) is 0 Å². The fourth-order valence-electron chi connectivity index (χ4n) is 6.04. The number of hydrogen-bond donors (Lipinski definition) is 1. The SMILES string of the molecule is CCCCCCCCCCNC(=O)C12CC3CC(CC(C3)C1)C2. The van der Waals surface area contributed by atoms with Crippen LogP contribution in [0.25, 0.3) is 0 Å². The van der Waals surface area contributed by atoms with E-state index in [2.05, 4.69) is 12.2 Å². The Labute approximate surface area is 143 Å². The Morgan fingerprint density at radius 1 is 0.826 bits per heavy atom. The number of carbonyl (C=O) groups excluding carboxylic acids is 1. The summed E-state index contributed by atoms with van der Waals surface area (Å²) >= 11 is 0. The molecule has 4 bridgehead atoms. The normalized spacial score (nSPS) is 34.7. The molecule has 0 aromatic carbocycles. The molecule has 2 heteroatoms. The Kier molecular flexibility index (Phi) is 6.04. The highest BCUT2D eigenvalue weighted by Gasteiger charge is 2.54. The fourth-order valence-corrected chi connectivity index (χ4v) is 6.04. The third-order valence-electron chi connectivity index (χ3n) is 6.84. The van der Waals surface area contributed by atoms with Gasteiger partial charge in [-0.2, -0.15) is 0 Å². The van der Waals surface area contributed by atoms with Crippen molar-refractivity contribution in [1.82, 2.24) is 5.32 Å². The molecular formula is C21H37NO. The number of amides is 1. The lowest BCUT2D eigenvalue weighted by atomic mass is 9.49. The first-order chi connectivity index (χ1) is 11.2. The average Bonchev–Trinajstić information content (AvgIpc) is 2.52. The first-order valence-electron chi connectivity index (χ1n) is 10.5. The lowest BCUT2D eigenvalue weighted by Crippen LogP contribution is -2.53. The van der Waals surface area contributed by atoms with Crippen LogP contribution in [0.2, 0.25) is 0 Å². The molecule has 4 fully saturated rings. The first-order valence-corrected chi connectivity index (χ1v) is 10.5. The van der Waals surface area contributed by atoms with E-state index in [1.807, 2.05) is 0 Å². The molecule has 2 nitrogen and oxygen atoms in total. The van der Waals surface area contributed by atoms with Crippen molar-refractivity contribution < 1.29 is 4.79 Å². The van der Waals surface area contributed by atoms with E-state index in [4.69, 9.17) is 0 Å². The van der Waals surface area contributed by atoms with Gasteiger partial charge in [0, 0.05) is 12.0 Å². The zero-order valence-corrected chi connectivity index (χ0v) is 15.2. The summed E-state index contributed by atoms with van der Waals surface area (Å²) in [6.45, 7) is 3.18. The van der Waals surface area contributed by atoms with Crippen molar-refractivity contribution in [3.63, 3.8) is 0 Å². The molecule has 0 aromatic heterocycles. The second kappa shape index (κ2) is 8.03. The largest absolute Gasteiger partial charge is 0.356 e. The number of carbonyl (C=O) groups is 1. The van der Waals surface area contributed by atoms with Gasteiger partial charge < -0.3 is 5.32 Å². The molecule has 1 amide bonds. The molecule has 0 atom stereocenters. The monoisotopic (exact) mass is 319 g/mol. The summed E-state index contributed by atoms with van der Waals surface area (Å²) in [7, 11) is 0. The van der Waals surface area contributed by atoms with Crippen LogP contribution < -0.4 is 5.32 Å². The highest BCUT2D eigenvalue weighted by Crippen LogP contribution is 2.60. The summed E-state index contributed by atoms with van der Waals surface area (Å²) in [5.74, 6) is 3.03. The molecule has 132 valence electrons. The zero-order valence-electron chi connectivity index (χ0n) is 15.2. The van der Waals surface area contributed by atoms with E-state index in [1.165, 1.54) is 89.9 Å². The maximum atomic E-state index is 12.8. The average molecular weight is 320 g/mol. The van der Waals surface area contributed by atoms with Crippen LogP contribution in [0.4, 0.5) is 0 Å². The summed E-state index contributed by atoms with van der Waals surface area (Å²) in [4.78, 5) is 12.8. The van der Waals surface area contributed by atoms with Gasteiger partial charge in [-0.25, -0.2) is 0 Å². The van der Waals surface area contributed by atoms with Gasteiger partial charge in [0.15, 0.2) is 0 Å². The second-order valence-electron chi connectivity index (χ2n) is 8.93. The predicted octanol–water partition coefficient (Wildman–Crippen LogP) is 5.46. The molecule has 4 saturated carbocycles. The third kappa shape index (κ3) is 4.31. The molecule has 0 aliphatic heterocycles. The van der Waals surface area contributed by atoms with Gasteiger partial charge in [0.25, 0.3) is 0 Å². The van der Waals surface area contributed by atoms with Crippen LogP contribution in [0.1, 0.15) is 96.8 Å². The number of rotatable bonds is 10. The maximum Gasteiger partial charge on any atom is 0.226 e. The first kappa shape index (κ1) is 17.3. The molecule has 1 N–H and O–H groups in total. The topological polar surface area (TPSA) is 29.1 Å². The summed E-state index contributed by atoms with van der Waals surface area (Å²) in [6.07, 6.45) is 18.6. The maximum absolute atomic E-state index is 12.8. The smallest absolute Gasteiger partial charge is 0.226 e. The van der Waals surface area contributed by atoms with Crippen LogP contribution in [-0.4, -0.2) is 12.5 Å². The lowest BCUT2D eigenvalue weighted by Gasteiger charge is -2.55. The van der Waals surface area contributed by atoms with E-state index < -0.39 is 0 Å². The van der Waals surface area contributed by atoms with Crippen molar-refractivity contribution in [2.75, 3.05) is 6.54 Å². The molecule has 0 aromatic rings. The van der Waals surface area contributed by atoms with E-state index in [0.717, 1.165) is 24.3 Å². The number of hydrogen-bond acceptors (Lipinski definition) is 1. The number of unbranched alkanes of at least 4 members (excludes halogenated alkanes) is 7. The van der Waals surface area contributed by atoms with Gasteiger partial charge in [-0.1, -0.05) is 51.9 Å². The van der Waals surface area contributed by atoms with Gasteiger partial charge in [-0.05, 0) is 62.7 Å². The van der Waals surface area contributed by atoms with Crippen LogP contribution in [0, 0.1) is 23.2 Å². The Morgan fingerprint density at radius 2 is 1.30 bits per heavy atom. The van der Waals surface area contributed by atoms with E-state index >= 15 is 0 Å². The van der Waals surface area contributed by atoms with Gasteiger partial charge in [0.05, 0.1) is 0 Å². The summed E-state index contributed by atoms with van der Waals surface area (Å²) in [5.41, 5.74) is 0.0505. The van der Waals surface area contributed by atoms with E-state index in [-0.39, 0.29) is 5.41 Å². The van der Waals surface area contributed by atoms with Crippen molar-refractivity contribution in [3.8, 4) is 0 Å². The minimum atomic E-state index is 0.0505. The molecular weight excluding hydrogens is 282 g/mol. The Hall–Kier alpha value is -0.530. The van der Waals surface area contributed by atoms with E-state index in [0.29, 0.717) is 5.91 Å². The van der Waals surface area contributed by atoms with Crippen LogP contribution >= 0.6 is 0 Å². The molecule has 4 rings (SSSR count). The highest BCUT2D eigenvalue weighted by atomic mass is 16.2. The molecule has 4 aliphatic rings. The highest BCUT2D eigenvalue weighted by molar-refractivity contribution is 5.83. The van der Waals surface area contributed by atoms with E-state index in [1.54, 1.807) is 0 Å². The standard InChI is InChI=1S/C21H37NO/c1-2-3-4-5-6-7-8-9-10-22-20(23)21-14-17-11-18(15-21)13-19(12-17)16-21/h17-19H,2-16H2,1H3,(H,22,23). The summed E-state index contributed by atoms with van der Waals surface area (Å²) in [6, 6.07) is 0. The third-order valence-corrected chi connectivity index (χ3v) is 6.84. The Bertz CT molecular complexity index is 354. The van der Waals surface area contributed by atoms with Crippen LogP contribution in [0.15, 0.2) is 0 Å². The zero-order chi connectivity index (χ0) is 16.1. The molecule has 4 aliphatic carbocycles.